The molecule has 1 atom stereocenters. The van der Waals surface area contributed by atoms with Gasteiger partial charge in [-0.2, -0.15) is 4.98 Å². The molecule has 0 radical (unpaired) electrons. The van der Waals surface area contributed by atoms with E-state index >= 15 is 0 Å². The van der Waals surface area contributed by atoms with E-state index < -0.39 is 0 Å². The number of hydrogen-bond acceptors (Lipinski definition) is 4. The van der Waals surface area contributed by atoms with Crippen molar-refractivity contribution < 1.29 is 0 Å². The first kappa shape index (κ1) is 9.24. The van der Waals surface area contributed by atoms with Crippen LogP contribution in [0.25, 0.3) is 0 Å². The van der Waals surface area contributed by atoms with Crippen molar-refractivity contribution in [1.29, 1.82) is 0 Å². The van der Waals surface area contributed by atoms with Gasteiger partial charge in [0, 0.05) is 18.8 Å². The molecule has 1 fully saturated rings. The molecular weight excluding hydrogens is 176 g/mol. The zero-order valence-corrected chi connectivity index (χ0v) is 8.48. The average Bonchev–Trinajstić information content (AvgIpc) is 2.65. The molecule has 2 N–H and O–H groups in total. The van der Waals surface area contributed by atoms with E-state index in [9.17, 15) is 0 Å². The predicted octanol–water partition coefficient (Wildman–Crippen LogP) is 1.44. The van der Waals surface area contributed by atoms with E-state index in [0.29, 0.717) is 11.9 Å². The van der Waals surface area contributed by atoms with Crippen LogP contribution in [0.5, 0.6) is 0 Å². The molecule has 76 valence electrons. The largest absolute Gasteiger partial charge is 0.384 e. The van der Waals surface area contributed by atoms with Crippen LogP contribution in [-0.4, -0.2) is 22.6 Å². The first-order chi connectivity index (χ1) is 6.81. The fraction of sp³-hybridized carbons (Fsp3) is 0.600. The van der Waals surface area contributed by atoms with E-state index in [4.69, 9.17) is 5.73 Å². The highest BCUT2D eigenvalue weighted by atomic mass is 15.3. The molecule has 0 aromatic carbocycles. The van der Waals surface area contributed by atoms with Crippen molar-refractivity contribution in [2.24, 2.45) is 0 Å². The summed E-state index contributed by atoms with van der Waals surface area (Å²) in [7, 11) is 0. The smallest absolute Gasteiger partial charge is 0.227 e. The van der Waals surface area contributed by atoms with E-state index in [1.807, 2.05) is 0 Å². The van der Waals surface area contributed by atoms with Crippen molar-refractivity contribution >= 4 is 11.8 Å². The van der Waals surface area contributed by atoms with E-state index in [1.54, 1.807) is 12.3 Å². The molecule has 0 aliphatic carbocycles. The fourth-order valence-corrected chi connectivity index (χ4v) is 2.02. The molecule has 0 spiro atoms. The van der Waals surface area contributed by atoms with Gasteiger partial charge < -0.3 is 10.6 Å². The van der Waals surface area contributed by atoms with Crippen molar-refractivity contribution in [1.82, 2.24) is 9.97 Å². The highest BCUT2D eigenvalue weighted by Crippen LogP contribution is 2.24. The van der Waals surface area contributed by atoms with Gasteiger partial charge in [-0.3, -0.25) is 0 Å². The van der Waals surface area contributed by atoms with Crippen LogP contribution in [-0.2, 0) is 0 Å². The lowest BCUT2D eigenvalue weighted by atomic mass is 10.2. The summed E-state index contributed by atoms with van der Waals surface area (Å²) < 4.78 is 0. The zero-order chi connectivity index (χ0) is 9.97. The van der Waals surface area contributed by atoms with E-state index in [0.717, 1.165) is 18.9 Å². The van der Waals surface area contributed by atoms with Crippen molar-refractivity contribution in [2.75, 3.05) is 17.2 Å². The Kier molecular flexibility index (Phi) is 2.52. The third kappa shape index (κ3) is 1.64. The van der Waals surface area contributed by atoms with Crippen LogP contribution in [0, 0.1) is 0 Å². The van der Waals surface area contributed by atoms with Crippen molar-refractivity contribution in [3.8, 4) is 0 Å². The Morgan fingerprint density at radius 3 is 3.21 bits per heavy atom. The van der Waals surface area contributed by atoms with Gasteiger partial charge in [0.2, 0.25) is 5.95 Å². The molecular formula is C10H16N4. The second kappa shape index (κ2) is 3.82. The second-order valence-corrected chi connectivity index (χ2v) is 3.68. The molecule has 1 unspecified atom stereocenters. The molecule has 2 rings (SSSR count). The van der Waals surface area contributed by atoms with Crippen molar-refractivity contribution in [2.45, 2.75) is 32.2 Å². The molecule has 1 aromatic rings. The molecule has 1 aliphatic heterocycles. The van der Waals surface area contributed by atoms with Crippen LogP contribution in [0.2, 0.25) is 0 Å². The number of hydrogen-bond donors (Lipinski definition) is 1. The van der Waals surface area contributed by atoms with Gasteiger partial charge in [-0.1, -0.05) is 6.92 Å². The number of nitrogen functional groups attached to an aromatic ring is 1. The minimum atomic E-state index is 0.553. The molecule has 14 heavy (non-hydrogen) atoms. The Hall–Kier alpha value is -1.32. The summed E-state index contributed by atoms with van der Waals surface area (Å²) in [5.74, 6) is 1.34. The van der Waals surface area contributed by atoms with Crippen molar-refractivity contribution in [3.05, 3.63) is 12.3 Å². The number of nitrogens with two attached hydrogens (primary N) is 1. The van der Waals surface area contributed by atoms with Gasteiger partial charge in [0.25, 0.3) is 0 Å². The molecule has 4 nitrogen and oxygen atoms in total. The maximum absolute atomic E-state index is 5.64. The second-order valence-electron chi connectivity index (χ2n) is 3.68. The Balaban J connectivity index is 2.21. The van der Waals surface area contributed by atoms with Crippen molar-refractivity contribution in [3.63, 3.8) is 0 Å². The van der Waals surface area contributed by atoms with E-state index in [-0.39, 0.29) is 0 Å². The van der Waals surface area contributed by atoms with E-state index in [2.05, 4.69) is 21.8 Å². The SMILES string of the molecule is CCC1CCCN1c1nccc(N)n1. The number of rotatable bonds is 2. The Labute approximate surface area is 84.2 Å². The van der Waals surface area contributed by atoms with Gasteiger partial charge in [0.1, 0.15) is 5.82 Å². The first-order valence-corrected chi connectivity index (χ1v) is 5.16. The molecule has 1 saturated heterocycles. The van der Waals surface area contributed by atoms with Gasteiger partial charge in [0.15, 0.2) is 0 Å². The first-order valence-electron chi connectivity index (χ1n) is 5.16. The summed E-state index contributed by atoms with van der Waals surface area (Å²) in [6, 6.07) is 2.32. The predicted molar refractivity (Wildman–Crippen MR) is 57.1 cm³/mol. The monoisotopic (exact) mass is 192 g/mol. The number of anilines is 2. The van der Waals surface area contributed by atoms with Crippen LogP contribution in [0.1, 0.15) is 26.2 Å². The highest BCUT2D eigenvalue weighted by Gasteiger charge is 2.24. The summed E-state index contributed by atoms with van der Waals surface area (Å²) in [6.45, 7) is 3.26. The molecule has 0 amide bonds. The molecule has 4 heteroatoms. The molecule has 0 saturated carbocycles. The molecule has 1 aromatic heterocycles. The molecule has 2 heterocycles. The fourth-order valence-electron chi connectivity index (χ4n) is 2.02. The Morgan fingerprint density at radius 1 is 1.64 bits per heavy atom. The van der Waals surface area contributed by atoms with E-state index in [1.165, 1.54) is 12.8 Å². The summed E-state index contributed by atoms with van der Waals surface area (Å²) in [5, 5.41) is 0. The third-order valence-electron chi connectivity index (χ3n) is 2.77. The minimum absolute atomic E-state index is 0.553. The summed E-state index contributed by atoms with van der Waals surface area (Å²) >= 11 is 0. The lowest BCUT2D eigenvalue weighted by Crippen LogP contribution is -2.30. The molecule has 0 bridgehead atoms. The van der Waals surface area contributed by atoms with Gasteiger partial charge in [0.05, 0.1) is 0 Å². The summed E-state index contributed by atoms with van der Waals surface area (Å²) in [4.78, 5) is 10.8. The normalized spacial score (nSPS) is 21.5. The standard InChI is InChI=1S/C10H16N4/c1-2-8-4-3-7-14(8)10-12-6-5-9(11)13-10/h5-6,8H,2-4,7H2,1H3,(H2,11,12,13). The topological polar surface area (TPSA) is 55.0 Å². The average molecular weight is 192 g/mol. The summed E-state index contributed by atoms with van der Waals surface area (Å²) in [6.07, 6.45) is 5.35. The number of aromatic nitrogens is 2. The van der Waals surface area contributed by atoms with Gasteiger partial charge >= 0.3 is 0 Å². The van der Waals surface area contributed by atoms with Crippen LogP contribution in [0.4, 0.5) is 11.8 Å². The summed E-state index contributed by atoms with van der Waals surface area (Å²) in [5.41, 5.74) is 5.64. The third-order valence-corrected chi connectivity index (χ3v) is 2.77. The lowest BCUT2D eigenvalue weighted by Gasteiger charge is -2.23. The zero-order valence-electron chi connectivity index (χ0n) is 8.48. The maximum atomic E-state index is 5.64. The quantitative estimate of drug-likeness (QED) is 0.770. The van der Waals surface area contributed by atoms with Crippen LogP contribution in [0.3, 0.4) is 0 Å². The highest BCUT2D eigenvalue weighted by molar-refractivity contribution is 5.39. The minimum Gasteiger partial charge on any atom is -0.384 e. The molecule has 1 aliphatic rings. The Morgan fingerprint density at radius 2 is 2.50 bits per heavy atom. The lowest BCUT2D eigenvalue weighted by molar-refractivity contribution is 0.634. The van der Waals surface area contributed by atoms with Gasteiger partial charge in [-0.15, -0.1) is 0 Å². The maximum Gasteiger partial charge on any atom is 0.227 e. The van der Waals surface area contributed by atoms with Crippen LogP contribution < -0.4 is 10.6 Å². The van der Waals surface area contributed by atoms with Crippen LogP contribution >= 0.6 is 0 Å². The van der Waals surface area contributed by atoms with Crippen LogP contribution in [0.15, 0.2) is 12.3 Å². The van der Waals surface area contributed by atoms with Gasteiger partial charge in [-0.05, 0) is 25.3 Å². The van der Waals surface area contributed by atoms with Gasteiger partial charge in [-0.25, -0.2) is 4.98 Å². The number of nitrogens with zero attached hydrogens (tertiary/aromatic N) is 3. The Bertz CT molecular complexity index is 313.